The smallest absolute Gasteiger partial charge is 0.248 e. The number of nitrogens with zero attached hydrogens (tertiary/aromatic N) is 3. The zero-order valence-electron chi connectivity index (χ0n) is 14.0. The summed E-state index contributed by atoms with van der Waals surface area (Å²) in [5.74, 6) is 0.315. The van der Waals surface area contributed by atoms with Crippen LogP contribution in [0.3, 0.4) is 0 Å². The van der Waals surface area contributed by atoms with E-state index in [1.807, 2.05) is 47.8 Å². The van der Waals surface area contributed by atoms with Gasteiger partial charge in [-0.1, -0.05) is 30.3 Å². The number of para-hydroxylation sites is 1. The fraction of sp³-hybridized carbons (Fsp3) is 0. The number of aromatic nitrogens is 3. The Hall–Kier alpha value is -3.38. The molecule has 0 saturated heterocycles. The van der Waals surface area contributed by atoms with Crippen molar-refractivity contribution >= 4 is 22.2 Å². The number of fused-ring (bicyclic) bond motifs is 1. The summed E-state index contributed by atoms with van der Waals surface area (Å²) in [6, 6.07) is 19.9. The number of thiophene rings is 1. The first-order chi connectivity index (χ1) is 13.3. The van der Waals surface area contributed by atoms with Crippen molar-refractivity contribution in [1.82, 2.24) is 15.2 Å². The van der Waals surface area contributed by atoms with Gasteiger partial charge in [-0.3, -0.25) is 0 Å². The summed E-state index contributed by atoms with van der Waals surface area (Å²) in [6.45, 7) is 0. The lowest BCUT2D eigenvalue weighted by molar-refractivity contribution is 0.582. The predicted molar refractivity (Wildman–Crippen MR) is 104 cm³/mol. The van der Waals surface area contributed by atoms with Crippen LogP contribution in [-0.4, -0.2) is 15.2 Å². The zero-order valence-corrected chi connectivity index (χ0v) is 14.8. The minimum Gasteiger partial charge on any atom is -0.416 e. The van der Waals surface area contributed by atoms with Gasteiger partial charge in [0.15, 0.2) is 0 Å². The first kappa shape index (κ1) is 15.8. The fourth-order valence-electron chi connectivity index (χ4n) is 2.97. The fourth-order valence-corrected chi connectivity index (χ4v) is 3.66. The van der Waals surface area contributed by atoms with Crippen LogP contribution in [0.4, 0.5) is 4.39 Å². The van der Waals surface area contributed by atoms with Crippen LogP contribution in [0, 0.1) is 5.82 Å². The number of halogens is 1. The van der Waals surface area contributed by atoms with E-state index < -0.39 is 0 Å². The highest BCUT2D eigenvalue weighted by Crippen LogP contribution is 2.34. The molecule has 0 N–H and O–H groups in total. The number of hydrogen-bond acceptors (Lipinski definition) is 5. The van der Waals surface area contributed by atoms with Crippen molar-refractivity contribution in [1.29, 1.82) is 0 Å². The first-order valence-corrected chi connectivity index (χ1v) is 9.19. The van der Waals surface area contributed by atoms with Gasteiger partial charge in [0, 0.05) is 10.9 Å². The van der Waals surface area contributed by atoms with Crippen molar-refractivity contribution in [2.75, 3.05) is 0 Å². The lowest BCUT2D eigenvalue weighted by Crippen LogP contribution is -1.88. The third-order valence-corrected chi connectivity index (χ3v) is 5.11. The second-order valence-electron chi connectivity index (χ2n) is 5.97. The van der Waals surface area contributed by atoms with E-state index in [0.29, 0.717) is 11.5 Å². The molecular formula is C21H12FN3OS. The molecule has 0 aliphatic heterocycles. The van der Waals surface area contributed by atoms with E-state index in [2.05, 4.69) is 10.2 Å². The Kier molecular flexibility index (Phi) is 3.76. The molecule has 0 bridgehead atoms. The van der Waals surface area contributed by atoms with Crippen LogP contribution < -0.4 is 0 Å². The number of hydrogen-bond donors (Lipinski definition) is 0. The third-order valence-electron chi connectivity index (χ3n) is 4.22. The van der Waals surface area contributed by atoms with Gasteiger partial charge >= 0.3 is 0 Å². The molecule has 0 fully saturated rings. The molecule has 130 valence electrons. The van der Waals surface area contributed by atoms with Gasteiger partial charge in [-0.2, -0.15) is 0 Å². The molecule has 0 radical (unpaired) electrons. The molecule has 6 heteroatoms. The predicted octanol–water partition coefficient (Wildman–Crippen LogP) is 5.82. The topological polar surface area (TPSA) is 51.8 Å². The molecule has 5 aromatic rings. The lowest BCUT2D eigenvalue weighted by atomic mass is 10.1. The molecule has 27 heavy (non-hydrogen) atoms. The largest absolute Gasteiger partial charge is 0.416 e. The summed E-state index contributed by atoms with van der Waals surface area (Å²) in [7, 11) is 0. The Bertz CT molecular complexity index is 1250. The molecule has 0 unspecified atom stereocenters. The van der Waals surface area contributed by atoms with Crippen molar-refractivity contribution in [2.24, 2.45) is 0 Å². The van der Waals surface area contributed by atoms with E-state index >= 15 is 0 Å². The van der Waals surface area contributed by atoms with Gasteiger partial charge < -0.3 is 4.42 Å². The van der Waals surface area contributed by atoms with Crippen LogP contribution in [0.15, 0.2) is 76.5 Å². The van der Waals surface area contributed by atoms with Gasteiger partial charge in [-0.15, -0.1) is 21.5 Å². The molecular weight excluding hydrogens is 361 g/mol. The molecule has 0 aliphatic rings. The highest BCUT2D eigenvalue weighted by Gasteiger charge is 2.16. The number of pyridine rings is 1. The molecule has 3 heterocycles. The number of rotatable bonds is 3. The van der Waals surface area contributed by atoms with E-state index in [1.165, 1.54) is 12.1 Å². The molecule has 0 atom stereocenters. The van der Waals surface area contributed by atoms with Crippen LogP contribution >= 0.6 is 11.3 Å². The van der Waals surface area contributed by atoms with E-state index in [-0.39, 0.29) is 11.7 Å². The summed E-state index contributed by atoms with van der Waals surface area (Å²) in [5, 5.41) is 11.2. The standard InChI is InChI=1S/C21H12FN3OS/c22-14-6-3-5-13(11-14)20-24-25-21(26-20)16-12-18(19-9-4-10-27-19)23-17-8-2-1-7-15(16)17/h1-12H. The molecule has 4 nitrogen and oxygen atoms in total. The second-order valence-corrected chi connectivity index (χ2v) is 6.92. The van der Waals surface area contributed by atoms with Crippen molar-refractivity contribution in [3.8, 4) is 33.5 Å². The molecule has 0 amide bonds. The van der Waals surface area contributed by atoms with Crippen LogP contribution in [-0.2, 0) is 0 Å². The maximum Gasteiger partial charge on any atom is 0.248 e. The van der Waals surface area contributed by atoms with Crippen LogP contribution in [0.2, 0.25) is 0 Å². The van der Waals surface area contributed by atoms with Crippen LogP contribution in [0.1, 0.15) is 0 Å². The normalized spacial score (nSPS) is 11.1. The highest BCUT2D eigenvalue weighted by molar-refractivity contribution is 7.13. The van der Waals surface area contributed by atoms with Crippen LogP contribution in [0.25, 0.3) is 44.4 Å². The minimum atomic E-state index is -0.346. The van der Waals surface area contributed by atoms with E-state index in [0.717, 1.165) is 27.0 Å². The second kappa shape index (κ2) is 6.41. The Morgan fingerprint density at radius 1 is 0.852 bits per heavy atom. The molecule has 0 aliphatic carbocycles. The average molecular weight is 373 g/mol. The summed E-state index contributed by atoms with van der Waals surface area (Å²) in [4.78, 5) is 5.81. The Morgan fingerprint density at radius 3 is 2.59 bits per heavy atom. The highest BCUT2D eigenvalue weighted by atomic mass is 32.1. The maximum atomic E-state index is 13.5. The number of benzene rings is 2. The SMILES string of the molecule is Fc1cccc(-c2nnc(-c3cc(-c4cccs4)nc4ccccc34)o2)c1. The monoisotopic (exact) mass is 373 g/mol. The van der Waals surface area contributed by atoms with Gasteiger partial charge in [0.05, 0.1) is 21.7 Å². The van der Waals surface area contributed by atoms with Crippen molar-refractivity contribution in [2.45, 2.75) is 0 Å². The van der Waals surface area contributed by atoms with Gasteiger partial charge in [-0.25, -0.2) is 9.37 Å². The molecule has 5 rings (SSSR count). The van der Waals surface area contributed by atoms with Crippen LogP contribution in [0.5, 0.6) is 0 Å². The zero-order chi connectivity index (χ0) is 18.2. The third kappa shape index (κ3) is 2.90. The van der Waals surface area contributed by atoms with Crippen molar-refractivity contribution in [3.05, 3.63) is 77.9 Å². The van der Waals surface area contributed by atoms with Gasteiger partial charge in [0.2, 0.25) is 11.8 Å². The summed E-state index contributed by atoms with van der Waals surface area (Å²) >= 11 is 1.62. The van der Waals surface area contributed by atoms with Crippen molar-refractivity contribution < 1.29 is 8.81 Å². The molecule has 0 saturated carbocycles. The average Bonchev–Trinajstić information content (AvgIpc) is 3.39. The Morgan fingerprint density at radius 2 is 1.74 bits per heavy atom. The lowest BCUT2D eigenvalue weighted by Gasteiger charge is -2.06. The quantitative estimate of drug-likeness (QED) is 0.400. The first-order valence-electron chi connectivity index (χ1n) is 8.31. The van der Waals surface area contributed by atoms with Gasteiger partial charge in [0.25, 0.3) is 0 Å². The molecule has 0 spiro atoms. The Labute approximate surface area is 158 Å². The summed E-state index contributed by atoms with van der Waals surface area (Å²) in [6.07, 6.45) is 0. The molecule has 3 aromatic heterocycles. The van der Waals surface area contributed by atoms with Gasteiger partial charge in [-0.05, 0) is 41.8 Å². The van der Waals surface area contributed by atoms with E-state index in [9.17, 15) is 4.39 Å². The summed E-state index contributed by atoms with van der Waals surface area (Å²) in [5.41, 5.74) is 3.05. The van der Waals surface area contributed by atoms with E-state index in [4.69, 9.17) is 9.40 Å². The van der Waals surface area contributed by atoms with E-state index in [1.54, 1.807) is 23.5 Å². The maximum absolute atomic E-state index is 13.5. The minimum absolute atomic E-state index is 0.281. The van der Waals surface area contributed by atoms with Crippen molar-refractivity contribution in [3.63, 3.8) is 0 Å². The Balaban J connectivity index is 1.69. The molecule has 2 aromatic carbocycles. The summed E-state index contributed by atoms with van der Waals surface area (Å²) < 4.78 is 19.4. The van der Waals surface area contributed by atoms with Gasteiger partial charge in [0.1, 0.15) is 5.82 Å².